The molecule has 126 valence electrons. The highest BCUT2D eigenvalue weighted by Crippen LogP contribution is 2.17. The molecular weight excluding hydrogens is 308 g/mol. The van der Waals surface area contributed by atoms with Gasteiger partial charge in [0.15, 0.2) is 0 Å². The lowest BCUT2D eigenvalue weighted by Gasteiger charge is -2.10. The number of ether oxygens (including phenoxy) is 3. The van der Waals surface area contributed by atoms with Gasteiger partial charge >= 0.3 is 11.9 Å². The van der Waals surface area contributed by atoms with E-state index in [1.54, 1.807) is 55.5 Å². The van der Waals surface area contributed by atoms with Crippen LogP contribution in [0.25, 0.3) is 0 Å². The molecule has 0 amide bonds. The maximum atomic E-state index is 12.1. The van der Waals surface area contributed by atoms with Crippen LogP contribution in [0.1, 0.15) is 41.5 Å². The van der Waals surface area contributed by atoms with Crippen molar-refractivity contribution >= 4 is 11.9 Å². The lowest BCUT2D eigenvalue weighted by atomic mass is 10.2. The monoisotopic (exact) mass is 328 g/mol. The van der Waals surface area contributed by atoms with Crippen LogP contribution in [-0.4, -0.2) is 24.6 Å². The smallest absolute Gasteiger partial charge is 0.343 e. The van der Waals surface area contributed by atoms with E-state index in [4.69, 9.17) is 14.2 Å². The molecule has 0 unspecified atom stereocenters. The second kappa shape index (κ2) is 8.15. The van der Waals surface area contributed by atoms with E-state index in [2.05, 4.69) is 0 Å². The van der Waals surface area contributed by atoms with Gasteiger partial charge in [-0.3, -0.25) is 0 Å². The van der Waals surface area contributed by atoms with Crippen LogP contribution in [-0.2, 0) is 4.74 Å². The van der Waals surface area contributed by atoms with Gasteiger partial charge in [-0.2, -0.15) is 0 Å². The summed E-state index contributed by atoms with van der Waals surface area (Å²) >= 11 is 0. The zero-order chi connectivity index (χ0) is 17.5. The largest absolute Gasteiger partial charge is 0.491 e. The van der Waals surface area contributed by atoms with E-state index in [9.17, 15) is 9.59 Å². The van der Waals surface area contributed by atoms with Crippen molar-refractivity contribution in [2.24, 2.45) is 0 Å². The van der Waals surface area contributed by atoms with Gasteiger partial charge in [-0.15, -0.1) is 0 Å². The van der Waals surface area contributed by atoms with Crippen molar-refractivity contribution < 1.29 is 23.8 Å². The van der Waals surface area contributed by atoms with Crippen molar-refractivity contribution in [1.82, 2.24) is 0 Å². The fourth-order valence-electron chi connectivity index (χ4n) is 1.98. The highest BCUT2D eigenvalue weighted by molar-refractivity contribution is 5.92. The average molecular weight is 328 g/mol. The molecule has 0 bridgehead atoms. The van der Waals surface area contributed by atoms with E-state index in [1.165, 1.54) is 0 Å². The lowest BCUT2D eigenvalue weighted by Crippen LogP contribution is -2.10. The highest BCUT2D eigenvalue weighted by Gasteiger charge is 2.11. The lowest BCUT2D eigenvalue weighted by molar-refractivity contribution is 0.0526. The molecule has 24 heavy (non-hydrogen) atoms. The van der Waals surface area contributed by atoms with Gasteiger partial charge in [-0.25, -0.2) is 9.59 Å². The van der Waals surface area contributed by atoms with Gasteiger partial charge in [-0.1, -0.05) is 0 Å². The molecule has 0 radical (unpaired) electrons. The third-order valence-electron chi connectivity index (χ3n) is 3.04. The Hall–Kier alpha value is -2.82. The summed E-state index contributed by atoms with van der Waals surface area (Å²) in [5, 5.41) is 0. The Bertz CT molecular complexity index is 687. The Morgan fingerprint density at radius 2 is 1.33 bits per heavy atom. The molecule has 0 saturated heterocycles. The van der Waals surface area contributed by atoms with E-state index in [0.29, 0.717) is 29.2 Å². The molecule has 0 spiro atoms. The predicted molar refractivity (Wildman–Crippen MR) is 89.6 cm³/mol. The fraction of sp³-hybridized carbons (Fsp3) is 0.263. The van der Waals surface area contributed by atoms with E-state index in [-0.39, 0.29) is 6.10 Å². The SMILES string of the molecule is CCOC(=O)c1ccc(OC(=O)c2ccc(OC(C)C)cc2)cc1. The number of carbonyl (C=O) groups excluding carboxylic acids is 2. The maximum Gasteiger partial charge on any atom is 0.343 e. The van der Waals surface area contributed by atoms with Crippen LogP contribution in [0.15, 0.2) is 48.5 Å². The van der Waals surface area contributed by atoms with Crippen LogP contribution in [0.2, 0.25) is 0 Å². The summed E-state index contributed by atoms with van der Waals surface area (Å²) in [6.45, 7) is 5.92. The quantitative estimate of drug-likeness (QED) is 0.595. The van der Waals surface area contributed by atoms with Gasteiger partial charge in [0.1, 0.15) is 11.5 Å². The first-order valence-electron chi connectivity index (χ1n) is 7.75. The molecule has 0 aliphatic heterocycles. The number of carbonyl (C=O) groups is 2. The molecule has 0 fully saturated rings. The molecule has 0 saturated carbocycles. The van der Waals surface area contributed by atoms with Crippen LogP contribution in [0.3, 0.4) is 0 Å². The number of hydrogen-bond acceptors (Lipinski definition) is 5. The van der Waals surface area contributed by atoms with Crippen LogP contribution < -0.4 is 9.47 Å². The van der Waals surface area contributed by atoms with Gasteiger partial charge in [0.05, 0.1) is 23.8 Å². The summed E-state index contributed by atoms with van der Waals surface area (Å²) in [5.41, 5.74) is 0.826. The van der Waals surface area contributed by atoms with E-state index < -0.39 is 11.9 Å². The molecule has 0 aliphatic carbocycles. The first kappa shape index (κ1) is 17.5. The Kier molecular flexibility index (Phi) is 5.95. The van der Waals surface area contributed by atoms with Crippen LogP contribution in [0.5, 0.6) is 11.5 Å². The van der Waals surface area contributed by atoms with Gasteiger partial charge in [0, 0.05) is 0 Å². The van der Waals surface area contributed by atoms with Crippen molar-refractivity contribution in [3.8, 4) is 11.5 Å². The maximum absolute atomic E-state index is 12.1. The third kappa shape index (κ3) is 4.84. The Morgan fingerprint density at radius 1 is 0.833 bits per heavy atom. The van der Waals surface area contributed by atoms with Gasteiger partial charge in [0.2, 0.25) is 0 Å². The molecule has 2 aromatic rings. The minimum atomic E-state index is -0.477. The molecule has 0 N–H and O–H groups in total. The number of hydrogen-bond donors (Lipinski definition) is 0. The summed E-state index contributed by atoms with van der Waals surface area (Å²) in [5.74, 6) is 0.169. The summed E-state index contributed by atoms with van der Waals surface area (Å²) < 4.78 is 15.7. The number of rotatable bonds is 6. The van der Waals surface area contributed by atoms with E-state index in [0.717, 1.165) is 0 Å². The Labute approximate surface area is 141 Å². The molecule has 2 aromatic carbocycles. The average Bonchev–Trinajstić information content (AvgIpc) is 2.56. The minimum Gasteiger partial charge on any atom is -0.491 e. The predicted octanol–water partition coefficient (Wildman–Crippen LogP) is 3.87. The van der Waals surface area contributed by atoms with Gasteiger partial charge in [-0.05, 0) is 69.3 Å². The first-order valence-corrected chi connectivity index (χ1v) is 7.75. The summed E-state index contributed by atoms with van der Waals surface area (Å²) in [6, 6.07) is 13.0. The van der Waals surface area contributed by atoms with Crippen molar-refractivity contribution in [2.45, 2.75) is 26.9 Å². The van der Waals surface area contributed by atoms with Crippen LogP contribution in [0.4, 0.5) is 0 Å². The summed E-state index contributed by atoms with van der Waals surface area (Å²) in [4.78, 5) is 23.7. The van der Waals surface area contributed by atoms with Crippen molar-refractivity contribution in [3.05, 3.63) is 59.7 Å². The fourth-order valence-corrected chi connectivity index (χ4v) is 1.98. The first-order chi connectivity index (χ1) is 11.5. The second-order valence-corrected chi connectivity index (χ2v) is 5.33. The van der Waals surface area contributed by atoms with Gasteiger partial charge < -0.3 is 14.2 Å². The zero-order valence-electron chi connectivity index (χ0n) is 13.9. The molecule has 0 aliphatic rings. The molecule has 5 heteroatoms. The molecule has 0 heterocycles. The highest BCUT2D eigenvalue weighted by atomic mass is 16.5. The second-order valence-electron chi connectivity index (χ2n) is 5.33. The normalized spacial score (nSPS) is 10.3. The molecular formula is C19H20O5. The third-order valence-corrected chi connectivity index (χ3v) is 3.04. The van der Waals surface area contributed by atoms with E-state index in [1.807, 2.05) is 13.8 Å². The topological polar surface area (TPSA) is 61.8 Å². The number of benzene rings is 2. The molecule has 0 aromatic heterocycles. The van der Waals surface area contributed by atoms with E-state index >= 15 is 0 Å². The van der Waals surface area contributed by atoms with Crippen LogP contribution >= 0.6 is 0 Å². The van der Waals surface area contributed by atoms with Crippen molar-refractivity contribution in [2.75, 3.05) is 6.61 Å². The van der Waals surface area contributed by atoms with Crippen molar-refractivity contribution in [3.63, 3.8) is 0 Å². The number of esters is 2. The Morgan fingerprint density at radius 3 is 1.83 bits per heavy atom. The molecule has 0 atom stereocenters. The zero-order valence-corrected chi connectivity index (χ0v) is 13.9. The standard InChI is InChI=1S/C19H20O5/c1-4-22-18(20)14-5-11-17(12-6-14)24-19(21)15-7-9-16(10-8-15)23-13(2)3/h5-13H,4H2,1-3H3. The molecule has 5 nitrogen and oxygen atoms in total. The van der Waals surface area contributed by atoms with Gasteiger partial charge in [0.25, 0.3) is 0 Å². The van der Waals surface area contributed by atoms with Crippen LogP contribution in [0, 0.1) is 0 Å². The van der Waals surface area contributed by atoms with Crippen molar-refractivity contribution in [1.29, 1.82) is 0 Å². The summed E-state index contributed by atoms with van der Waals surface area (Å²) in [7, 11) is 0. The molecule has 2 rings (SSSR count). The summed E-state index contributed by atoms with van der Waals surface area (Å²) in [6.07, 6.45) is 0.0701. The Balaban J connectivity index is 2.00. The minimum absolute atomic E-state index is 0.0701.